The van der Waals surface area contributed by atoms with Crippen LogP contribution in [0, 0.1) is 16.7 Å². The highest BCUT2D eigenvalue weighted by atomic mass is 16.6. The average molecular weight is 768 g/mol. The molecule has 8 N–H and O–H groups in total. The van der Waals surface area contributed by atoms with Crippen molar-refractivity contribution in [3.63, 3.8) is 0 Å². The lowest BCUT2D eigenvalue weighted by Crippen LogP contribution is -2.51. The Labute approximate surface area is 322 Å². The van der Waals surface area contributed by atoms with Crippen LogP contribution in [0.25, 0.3) is 0 Å². The predicted octanol–water partition coefficient (Wildman–Crippen LogP) is 2.94. The number of hydrogen-bond acceptors (Lipinski definition) is 10. The van der Waals surface area contributed by atoms with Crippen LogP contribution >= 0.6 is 0 Å². The lowest BCUT2D eigenvalue weighted by Gasteiger charge is -2.40. The molecule has 4 atom stereocenters. The maximum Gasteiger partial charge on any atom is 0.410 e. The minimum atomic E-state index is -1.50. The van der Waals surface area contributed by atoms with Crippen LogP contribution in [0.3, 0.4) is 0 Å². The van der Waals surface area contributed by atoms with Crippen molar-refractivity contribution in [3.8, 4) is 0 Å². The molecule has 1 unspecified atom stereocenters. The number of ether oxygens (including phenoxy) is 2. The maximum absolute atomic E-state index is 13.4. The number of ketones is 1. The fourth-order valence-electron chi connectivity index (χ4n) is 7.12. The van der Waals surface area contributed by atoms with Crippen molar-refractivity contribution in [2.45, 2.75) is 97.6 Å². The number of hydrogen-bond donors (Lipinski definition) is 6. The number of benzene rings is 1. The second-order valence-electron chi connectivity index (χ2n) is 16.0. The molecule has 0 aromatic heterocycles. The lowest BCUT2D eigenvalue weighted by atomic mass is 9.67. The average Bonchev–Trinajstić information content (AvgIpc) is 3.90. The topological polar surface area (TPSA) is 236 Å². The normalized spacial score (nSPS) is 21.5. The Morgan fingerprint density at radius 3 is 2.15 bits per heavy atom. The number of urea groups is 1. The van der Waals surface area contributed by atoms with Gasteiger partial charge in [-0.1, -0.05) is 51.5 Å². The monoisotopic (exact) mass is 767 g/mol. The first-order chi connectivity index (χ1) is 25.6. The molecule has 55 heavy (non-hydrogen) atoms. The molecule has 6 amide bonds. The summed E-state index contributed by atoms with van der Waals surface area (Å²) in [6.45, 7) is 11.3. The minimum Gasteiger partial charge on any atom is -0.445 e. The summed E-state index contributed by atoms with van der Waals surface area (Å²) in [7, 11) is 3.11. The Morgan fingerprint density at radius 1 is 0.982 bits per heavy atom. The highest BCUT2D eigenvalue weighted by Crippen LogP contribution is 2.65. The van der Waals surface area contributed by atoms with E-state index in [0.717, 1.165) is 5.57 Å². The van der Waals surface area contributed by atoms with Gasteiger partial charge in [-0.25, -0.2) is 14.4 Å². The number of likely N-dealkylation sites (N-methyl/N-ethyl adjacent to an activating group) is 2. The van der Waals surface area contributed by atoms with Crippen LogP contribution in [0.2, 0.25) is 0 Å². The van der Waals surface area contributed by atoms with Gasteiger partial charge in [-0.05, 0) is 63.1 Å². The van der Waals surface area contributed by atoms with Gasteiger partial charge in [0.2, 0.25) is 11.8 Å². The predicted molar refractivity (Wildman–Crippen MR) is 204 cm³/mol. The van der Waals surface area contributed by atoms with E-state index in [1.165, 1.54) is 9.80 Å². The number of aliphatic hydroxyl groups is 1. The first kappa shape index (κ1) is 42.8. The molecule has 1 aromatic carbocycles. The molecule has 0 bridgehead atoms. The molecule has 3 aliphatic rings. The van der Waals surface area contributed by atoms with Crippen molar-refractivity contribution in [3.05, 3.63) is 52.6 Å². The third kappa shape index (κ3) is 9.47. The van der Waals surface area contributed by atoms with Crippen LogP contribution in [-0.4, -0.2) is 108 Å². The summed E-state index contributed by atoms with van der Waals surface area (Å²) in [5.74, 6) is -1.41. The van der Waals surface area contributed by atoms with Gasteiger partial charge in [0, 0.05) is 61.4 Å². The van der Waals surface area contributed by atoms with E-state index in [1.807, 2.05) is 20.8 Å². The number of fused-ring (bicyclic) bond motifs is 1. The van der Waals surface area contributed by atoms with Gasteiger partial charge in [0.25, 0.3) is 0 Å². The summed E-state index contributed by atoms with van der Waals surface area (Å²) < 4.78 is 11.5. The second kappa shape index (κ2) is 16.8. The van der Waals surface area contributed by atoms with Gasteiger partial charge in [0.1, 0.15) is 24.4 Å². The molecule has 3 aliphatic carbocycles. The molecule has 1 saturated carbocycles. The molecule has 1 fully saturated rings. The molecular weight excluding hydrogens is 710 g/mol. The summed E-state index contributed by atoms with van der Waals surface area (Å²) in [6, 6.07) is 4.22. The van der Waals surface area contributed by atoms with Crippen LogP contribution in [0.4, 0.5) is 20.1 Å². The van der Waals surface area contributed by atoms with E-state index >= 15 is 0 Å². The van der Waals surface area contributed by atoms with Crippen molar-refractivity contribution in [1.29, 1.82) is 0 Å². The van der Waals surface area contributed by atoms with E-state index in [4.69, 9.17) is 20.9 Å². The zero-order chi connectivity index (χ0) is 41.0. The van der Waals surface area contributed by atoms with Gasteiger partial charge in [-0.3, -0.25) is 14.4 Å². The van der Waals surface area contributed by atoms with E-state index < -0.39 is 64.7 Å². The smallest absolute Gasteiger partial charge is 0.410 e. The number of rotatable bonds is 15. The van der Waals surface area contributed by atoms with Gasteiger partial charge in [-0.2, -0.15) is 0 Å². The highest BCUT2D eigenvalue weighted by molar-refractivity contribution is 6.09. The molecular formula is C39H57N7O9. The van der Waals surface area contributed by atoms with E-state index in [2.05, 4.69) is 16.0 Å². The summed E-state index contributed by atoms with van der Waals surface area (Å²) in [5, 5.41) is 19.1. The molecule has 0 saturated heterocycles. The number of nitrogens with zero attached hydrogens (tertiary/aromatic N) is 2. The van der Waals surface area contributed by atoms with E-state index in [-0.39, 0.29) is 44.4 Å². The number of amides is 6. The third-order valence-electron chi connectivity index (χ3n) is 11.1. The van der Waals surface area contributed by atoms with Crippen LogP contribution < -0.4 is 27.4 Å². The zero-order valence-corrected chi connectivity index (χ0v) is 33.1. The molecule has 16 nitrogen and oxygen atoms in total. The minimum absolute atomic E-state index is 0.0540. The molecule has 16 heteroatoms. The van der Waals surface area contributed by atoms with E-state index in [1.54, 1.807) is 65.2 Å². The quantitative estimate of drug-likeness (QED) is 0.143. The van der Waals surface area contributed by atoms with Crippen LogP contribution in [-0.2, 0) is 30.5 Å². The number of nitrogens with one attached hydrogen (secondary N) is 3. The largest absolute Gasteiger partial charge is 0.445 e. The van der Waals surface area contributed by atoms with Crippen molar-refractivity contribution in [1.82, 2.24) is 20.4 Å². The molecule has 1 aromatic rings. The van der Waals surface area contributed by atoms with E-state index in [0.29, 0.717) is 41.7 Å². The number of Topliss-reactive ketones (excluding diaryl/α,β-unsaturated/α-hetero) is 1. The first-order valence-corrected chi connectivity index (χ1v) is 18.6. The first-order valence-electron chi connectivity index (χ1n) is 18.6. The van der Waals surface area contributed by atoms with Crippen molar-refractivity contribution < 1.29 is 43.3 Å². The van der Waals surface area contributed by atoms with Gasteiger partial charge in [0.15, 0.2) is 5.78 Å². The van der Waals surface area contributed by atoms with Crippen molar-refractivity contribution >= 4 is 41.5 Å². The van der Waals surface area contributed by atoms with Crippen LogP contribution in [0.1, 0.15) is 72.8 Å². The van der Waals surface area contributed by atoms with E-state index in [9.17, 15) is 33.9 Å². The summed E-state index contributed by atoms with van der Waals surface area (Å²) in [6.07, 6.45) is 1.86. The summed E-state index contributed by atoms with van der Waals surface area (Å²) in [4.78, 5) is 78.9. The molecule has 0 radical (unpaired) electrons. The summed E-state index contributed by atoms with van der Waals surface area (Å²) >= 11 is 0. The van der Waals surface area contributed by atoms with Gasteiger partial charge in [-0.15, -0.1) is 0 Å². The number of carbonyl (C=O) groups is 6. The standard InChI is InChI=1S/C39H57N7O9/c1-22(2)29(40)33(49)44-27(10-9-17-42-34(41)50)32(48)43-25-13-11-24(12-14-25)21-54-35(51)45(7)18-19-46(8)36(52)55-31-28-23(3)39(15-16-39)38(6,53)30(47)26(28)20-37(31,4)5/h11-14,20,22,27,29,31,53H,9-10,15-19,21,40H2,1-8H3,(H,43,48)(H,44,49)(H3,41,42,50)/t27-,29-,31?,38-/m0/s1. The molecule has 4 rings (SSSR count). The number of carbonyl (C=O) groups excluding carboxylic acids is 6. The van der Waals surface area contributed by atoms with Crippen molar-refractivity contribution in [2.75, 3.05) is 39.0 Å². The van der Waals surface area contributed by atoms with Crippen LogP contribution in [0.15, 0.2) is 47.1 Å². The van der Waals surface area contributed by atoms with Gasteiger partial charge < -0.3 is 51.8 Å². The third-order valence-corrected chi connectivity index (χ3v) is 11.1. The Bertz CT molecular complexity index is 1730. The Balaban J connectivity index is 1.26. The maximum atomic E-state index is 13.4. The fourth-order valence-corrected chi connectivity index (χ4v) is 7.12. The Morgan fingerprint density at radius 2 is 1.58 bits per heavy atom. The van der Waals surface area contributed by atoms with Crippen molar-refractivity contribution in [2.24, 2.45) is 28.2 Å². The Kier molecular flexibility index (Phi) is 13.1. The highest BCUT2D eigenvalue weighted by Gasteiger charge is 2.66. The lowest BCUT2D eigenvalue weighted by molar-refractivity contribution is -0.138. The number of primary amides is 1. The fraction of sp³-hybridized carbons (Fsp3) is 0.590. The Hall–Kier alpha value is -4.96. The molecule has 302 valence electrons. The SMILES string of the molecule is CC1=C2C(=CC(C)(C)C2OC(=O)N(C)CCN(C)C(=O)OCc2ccc(NC(=O)[C@H](CCCNC(N)=O)NC(=O)[C@@H](N)C(C)C)cc2)C(=O)[C@](C)(O)C12CC2. The molecule has 0 aliphatic heterocycles. The van der Waals surface area contributed by atoms with Crippen LogP contribution in [0.5, 0.6) is 0 Å². The van der Waals surface area contributed by atoms with Gasteiger partial charge >= 0.3 is 18.2 Å². The second-order valence-corrected chi connectivity index (χ2v) is 16.0. The zero-order valence-electron chi connectivity index (χ0n) is 33.1. The molecule has 0 heterocycles. The molecule has 1 spiro atoms. The number of nitrogens with two attached hydrogens (primary N) is 2. The van der Waals surface area contributed by atoms with Gasteiger partial charge in [0.05, 0.1) is 6.04 Å². The number of anilines is 1. The summed E-state index contributed by atoms with van der Waals surface area (Å²) in [5.41, 5.74) is 11.4.